The van der Waals surface area contributed by atoms with Crippen LogP contribution in [0.3, 0.4) is 0 Å². The van der Waals surface area contributed by atoms with Gasteiger partial charge in [0.15, 0.2) is 5.78 Å². The molecule has 1 heterocycles. The molecular weight excluding hydrogens is 276 g/mol. The van der Waals surface area contributed by atoms with Crippen molar-refractivity contribution in [3.05, 3.63) is 28.3 Å². The molecule has 0 radical (unpaired) electrons. The molecule has 1 aromatic rings. The predicted octanol–water partition coefficient (Wildman–Crippen LogP) is 2.38. The summed E-state index contributed by atoms with van der Waals surface area (Å²) in [6.07, 6.45) is 0. The summed E-state index contributed by atoms with van der Waals surface area (Å²) in [5, 5.41) is 10.7. The number of hydrogen-bond donors (Lipinski definition) is 1. The molecule has 1 aliphatic rings. The highest BCUT2D eigenvalue weighted by Crippen LogP contribution is 2.29. The van der Waals surface area contributed by atoms with Crippen molar-refractivity contribution in [2.45, 2.75) is 26.4 Å². The molecule has 0 bridgehead atoms. The van der Waals surface area contributed by atoms with Gasteiger partial charge in [-0.3, -0.25) is 9.69 Å². The number of piperazine rings is 1. The van der Waals surface area contributed by atoms with Crippen molar-refractivity contribution < 1.29 is 9.90 Å². The lowest BCUT2D eigenvalue weighted by Crippen LogP contribution is -2.49. The number of phenols is 1. The van der Waals surface area contributed by atoms with Crippen molar-refractivity contribution in [3.63, 3.8) is 0 Å². The summed E-state index contributed by atoms with van der Waals surface area (Å²) in [5.74, 6) is -0.105. The van der Waals surface area contributed by atoms with E-state index in [-0.39, 0.29) is 11.5 Å². The first-order chi connectivity index (χ1) is 9.38. The van der Waals surface area contributed by atoms with E-state index in [2.05, 4.69) is 23.8 Å². The molecule has 110 valence electrons. The smallest absolute Gasteiger partial charge is 0.163 e. The number of likely N-dealkylation sites (N-methyl/N-ethyl adjacent to an activating group) is 1. The van der Waals surface area contributed by atoms with Crippen LogP contribution in [0.4, 0.5) is 0 Å². The molecule has 0 spiro atoms. The number of phenolic OH excluding ortho intramolecular Hbond substituents is 1. The van der Waals surface area contributed by atoms with E-state index in [1.165, 1.54) is 13.0 Å². The first kappa shape index (κ1) is 15.3. The number of benzene rings is 1. The Labute approximate surface area is 124 Å². The van der Waals surface area contributed by atoms with Crippen LogP contribution in [0.25, 0.3) is 0 Å². The normalized spacial score (nSPS) is 21.1. The number of hydrogen-bond acceptors (Lipinski definition) is 4. The maximum absolute atomic E-state index is 11.5. The fourth-order valence-corrected chi connectivity index (χ4v) is 2.79. The molecule has 0 aromatic heterocycles. The van der Waals surface area contributed by atoms with Gasteiger partial charge in [0.1, 0.15) is 5.75 Å². The number of carbonyl (C=O) groups excluding carboxylic acids is 1. The molecule has 0 aliphatic carbocycles. The van der Waals surface area contributed by atoms with Crippen LogP contribution >= 0.6 is 11.6 Å². The van der Waals surface area contributed by atoms with Gasteiger partial charge < -0.3 is 10.0 Å². The Hall–Kier alpha value is -1.10. The quantitative estimate of drug-likeness (QED) is 0.870. The summed E-state index contributed by atoms with van der Waals surface area (Å²) < 4.78 is 0. The van der Waals surface area contributed by atoms with E-state index in [1.807, 2.05) is 0 Å². The number of aromatic hydroxyl groups is 1. The average Bonchev–Trinajstić information content (AvgIpc) is 2.37. The van der Waals surface area contributed by atoms with E-state index in [0.29, 0.717) is 23.2 Å². The second-order valence-corrected chi connectivity index (χ2v) is 6.02. The van der Waals surface area contributed by atoms with Gasteiger partial charge in [-0.1, -0.05) is 11.6 Å². The topological polar surface area (TPSA) is 43.8 Å². The van der Waals surface area contributed by atoms with Crippen molar-refractivity contribution in [2.75, 3.05) is 26.7 Å². The van der Waals surface area contributed by atoms with Gasteiger partial charge in [0.05, 0.1) is 5.56 Å². The van der Waals surface area contributed by atoms with Crippen LogP contribution < -0.4 is 0 Å². The molecule has 0 saturated carbocycles. The van der Waals surface area contributed by atoms with Crippen LogP contribution in [-0.4, -0.2) is 53.4 Å². The van der Waals surface area contributed by atoms with Crippen molar-refractivity contribution in [3.8, 4) is 5.75 Å². The predicted molar refractivity (Wildman–Crippen MR) is 80.5 cm³/mol. The third-order valence-electron chi connectivity index (χ3n) is 3.97. The number of ketones is 1. The Balaban J connectivity index is 2.19. The molecule has 20 heavy (non-hydrogen) atoms. The Kier molecular flexibility index (Phi) is 4.68. The molecule has 0 amide bonds. The summed E-state index contributed by atoms with van der Waals surface area (Å²) in [6, 6.07) is 3.75. The minimum Gasteiger partial charge on any atom is -0.507 e. The van der Waals surface area contributed by atoms with E-state index < -0.39 is 0 Å². The molecule has 2 rings (SSSR count). The fraction of sp³-hybridized carbons (Fsp3) is 0.533. The van der Waals surface area contributed by atoms with Gasteiger partial charge in [0.2, 0.25) is 0 Å². The summed E-state index contributed by atoms with van der Waals surface area (Å²) >= 11 is 6.05. The van der Waals surface area contributed by atoms with Crippen LogP contribution in [0, 0.1) is 0 Å². The van der Waals surface area contributed by atoms with Gasteiger partial charge in [-0.25, -0.2) is 0 Å². The summed E-state index contributed by atoms with van der Waals surface area (Å²) in [7, 11) is 2.12. The Bertz CT molecular complexity index is 519. The van der Waals surface area contributed by atoms with Crippen LogP contribution in [0.2, 0.25) is 5.02 Å². The highest BCUT2D eigenvalue weighted by molar-refractivity contribution is 6.31. The summed E-state index contributed by atoms with van der Waals surface area (Å²) in [4.78, 5) is 16.1. The van der Waals surface area contributed by atoms with Crippen molar-refractivity contribution in [1.82, 2.24) is 9.80 Å². The number of carbonyl (C=O) groups is 1. The number of Topliss-reactive ketones (excluding diaryl/α,β-unsaturated/α-hetero) is 1. The molecular formula is C15H21ClN2O2. The van der Waals surface area contributed by atoms with Crippen molar-refractivity contribution >= 4 is 17.4 Å². The van der Waals surface area contributed by atoms with E-state index in [1.54, 1.807) is 6.07 Å². The Morgan fingerprint density at radius 1 is 1.45 bits per heavy atom. The Morgan fingerprint density at radius 3 is 2.75 bits per heavy atom. The molecule has 5 heteroatoms. The third-order valence-corrected chi connectivity index (χ3v) is 4.19. The second-order valence-electron chi connectivity index (χ2n) is 5.58. The SMILES string of the molecule is CC(=O)c1cc(Cl)cc(CN2CCN(C)C(C)C2)c1O. The molecule has 1 fully saturated rings. The first-order valence-electron chi connectivity index (χ1n) is 6.83. The lowest BCUT2D eigenvalue weighted by Gasteiger charge is -2.37. The van der Waals surface area contributed by atoms with Gasteiger partial charge in [-0.05, 0) is 33.0 Å². The van der Waals surface area contributed by atoms with Crippen molar-refractivity contribution in [2.24, 2.45) is 0 Å². The lowest BCUT2D eigenvalue weighted by atomic mass is 10.0. The molecule has 1 aliphatic heterocycles. The maximum Gasteiger partial charge on any atom is 0.163 e. The number of nitrogens with zero attached hydrogens (tertiary/aromatic N) is 2. The zero-order chi connectivity index (χ0) is 14.9. The van der Waals surface area contributed by atoms with Crippen LogP contribution in [-0.2, 0) is 6.54 Å². The highest BCUT2D eigenvalue weighted by atomic mass is 35.5. The van der Waals surface area contributed by atoms with Gasteiger partial charge in [-0.15, -0.1) is 0 Å². The minimum absolute atomic E-state index is 0.0634. The lowest BCUT2D eigenvalue weighted by molar-refractivity contribution is 0.0985. The Morgan fingerprint density at radius 2 is 2.15 bits per heavy atom. The summed E-state index contributed by atoms with van der Waals surface area (Å²) in [5.41, 5.74) is 1.02. The molecule has 1 atom stereocenters. The first-order valence-corrected chi connectivity index (χ1v) is 7.21. The van der Waals surface area contributed by atoms with E-state index in [0.717, 1.165) is 25.2 Å². The zero-order valence-corrected chi connectivity index (χ0v) is 12.9. The number of halogens is 1. The average molecular weight is 297 g/mol. The van der Waals surface area contributed by atoms with Gasteiger partial charge >= 0.3 is 0 Å². The van der Waals surface area contributed by atoms with Gasteiger partial charge in [0, 0.05) is 42.8 Å². The molecule has 1 N–H and O–H groups in total. The molecule has 4 nitrogen and oxygen atoms in total. The fourth-order valence-electron chi connectivity index (χ4n) is 2.55. The monoisotopic (exact) mass is 296 g/mol. The molecule has 1 unspecified atom stereocenters. The van der Waals surface area contributed by atoms with Crippen LogP contribution in [0.15, 0.2) is 12.1 Å². The second kappa shape index (κ2) is 6.12. The zero-order valence-electron chi connectivity index (χ0n) is 12.2. The van der Waals surface area contributed by atoms with E-state index >= 15 is 0 Å². The van der Waals surface area contributed by atoms with Gasteiger partial charge in [-0.2, -0.15) is 0 Å². The van der Waals surface area contributed by atoms with Crippen LogP contribution in [0.1, 0.15) is 29.8 Å². The molecule has 1 aromatic carbocycles. The minimum atomic E-state index is -0.169. The van der Waals surface area contributed by atoms with Crippen LogP contribution in [0.5, 0.6) is 5.75 Å². The highest BCUT2D eigenvalue weighted by Gasteiger charge is 2.22. The maximum atomic E-state index is 11.5. The summed E-state index contributed by atoms with van der Waals surface area (Å²) in [6.45, 7) is 7.13. The van der Waals surface area contributed by atoms with Gasteiger partial charge in [0.25, 0.3) is 0 Å². The van der Waals surface area contributed by atoms with Crippen molar-refractivity contribution in [1.29, 1.82) is 0 Å². The number of rotatable bonds is 3. The largest absolute Gasteiger partial charge is 0.507 e. The standard InChI is InChI=1S/C15H21ClN2O2/c1-10-8-18(5-4-17(10)3)9-12-6-13(16)7-14(11(2)19)15(12)20/h6-7,10,20H,4-5,8-9H2,1-3H3. The molecule has 1 saturated heterocycles. The third kappa shape index (κ3) is 3.32. The van der Waals surface area contributed by atoms with E-state index in [9.17, 15) is 9.90 Å². The van der Waals surface area contributed by atoms with E-state index in [4.69, 9.17) is 11.6 Å².